The Kier molecular flexibility index (Phi) is 61.1. The lowest BCUT2D eigenvalue weighted by Crippen LogP contribution is -2.30. The van der Waals surface area contributed by atoms with Crippen LogP contribution in [0.25, 0.3) is 0 Å². The molecule has 0 aliphatic rings. The molecule has 0 heterocycles. The number of esters is 3. The van der Waals surface area contributed by atoms with Crippen LogP contribution in [0.1, 0.15) is 361 Å². The summed E-state index contributed by atoms with van der Waals surface area (Å²) in [5, 5.41) is 0. The normalized spacial score (nSPS) is 12.2. The molecule has 0 aliphatic carbocycles. The van der Waals surface area contributed by atoms with Crippen LogP contribution < -0.4 is 0 Å². The summed E-state index contributed by atoms with van der Waals surface area (Å²) >= 11 is 0. The molecule has 0 aromatic carbocycles. The van der Waals surface area contributed by atoms with Crippen LogP contribution in [-0.4, -0.2) is 37.2 Å². The van der Waals surface area contributed by atoms with Crippen LogP contribution in [-0.2, 0) is 28.6 Å². The predicted molar refractivity (Wildman–Crippen MR) is 321 cm³/mol. The summed E-state index contributed by atoms with van der Waals surface area (Å²) in [4.78, 5) is 38.2. The van der Waals surface area contributed by atoms with Crippen molar-refractivity contribution in [2.24, 2.45) is 0 Å². The lowest BCUT2D eigenvalue weighted by Gasteiger charge is -2.18. The lowest BCUT2D eigenvalue weighted by atomic mass is 10.0. The van der Waals surface area contributed by atoms with Crippen LogP contribution in [0.5, 0.6) is 0 Å². The van der Waals surface area contributed by atoms with Crippen molar-refractivity contribution in [3.05, 3.63) is 36.5 Å². The highest BCUT2D eigenvalue weighted by atomic mass is 16.6. The molecule has 6 nitrogen and oxygen atoms in total. The molecule has 434 valence electrons. The molecule has 0 amide bonds. The van der Waals surface area contributed by atoms with Gasteiger partial charge in [0.25, 0.3) is 0 Å². The summed E-state index contributed by atoms with van der Waals surface area (Å²) in [6.45, 7) is 6.64. The van der Waals surface area contributed by atoms with Gasteiger partial charge in [0.05, 0.1) is 0 Å². The summed E-state index contributed by atoms with van der Waals surface area (Å²) in [5.41, 5.74) is 0. The summed E-state index contributed by atoms with van der Waals surface area (Å²) < 4.78 is 16.9. The number of unbranched alkanes of at least 4 members (excludes halogenated alkanes) is 44. The van der Waals surface area contributed by atoms with Crippen molar-refractivity contribution in [2.75, 3.05) is 13.2 Å². The lowest BCUT2D eigenvalue weighted by molar-refractivity contribution is -0.167. The van der Waals surface area contributed by atoms with Gasteiger partial charge in [0.1, 0.15) is 13.2 Å². The van der Waals surface area contributed by atoms with Crippen molar-refractivity contribution in [3.63, 3.8) is 0 Å². The van der Waals surface area contributed by atoms with Gasteiger partial charge in [0.15, 0.2) is 6.10 Å². The predicted octanol–water partition coefficient (Wildman–Crippen LogP) is 22.4. The maximum absolute atomic E-state index is 12.9. The van der Waals surface area contributed by atoms with Gasteiger partial charge in [0, 0.05) is 19.3 Å². The highest BCUT2D eigenvalue weighted by Gasteiger charge is 2.19. The number of carbonyl (C=O) groups is 3. The van der Waals surface area contributed by atoms with Crippen LogP contribution in [0.3, 0.4) is 0 Å². The molecule has 0 saturated carbocycles. The second kappa shape index (κ2) is 63.2. The third-order valence-corrected chi connectivity index (χ3v) is 14.9. The number of hydrogen-bond donors (Lipinski definition) is 0. The number of carbonyl (C=O) groups excluding carboxylic acids is 3. The van der Waals surface area contributed by atoms with Gasteiger partial charge < -0.3 is 14.2 Å². The fourth-order valence-corrected chi connectivity index (χ4v) is 9.88. The fourth-order valence-electron chi connectivity index (χ4n) is 9.88. The van der Waals surface area contributed by atoms with E-state index in [2.05, 4.69) is 57.2 Å². The van der Waals surface area contributed by atoms with Crippen LogP contribution in [0.4, 0.5) is 0 Å². The minimum atomic E-state index is -0.781. The number of ether oxygens (including phenoxy) is 3. The molecule has 0 aromatic rings. The molecule has 1 atom stereocenters. The smallest absolute Gasteiger partial charge is 0.306 e. The van der Waals surface area contributed by atoms with E-state index in [1.165, 1.54) is 231 Å². The van der Waals surface area contributed by atoms with E-state index < -0.39 is 6.10 Å². The average molecular weight is 1040 g/mol. The standard InChI is InChI=1S/C68H126O6/c1-4-7-10-13-16-19-22-25-27-28-29-30-31-32-33-34-35-36-37-38-39-41-43-46-49-52-55-58-61-67(70)73-64-65(63-72-66(69)60-57-54-51-48-45-42-24-21-18-15-12-9-6-3)74-68(71)62-59-56-53-50-47-44-40-26-23-20-17-14-11-8-5-2/h17,20-21,24,26,40,65H,4-16,18-19,22-23,25,27-39,41-64H2,1-3H3/b20-17-,24-21-,40-26-. The van der Waals surface area contributed by atoms with E-state index in [0.29, 0.717) is 19.3 Å². The van der Waals surface area contributed by atoms with E-state index in [-0.39, 0.29) is 31.1 Å². The molecule has 0 rings (SSSR count). The van der Waals surface area contributed by atoms with E-state index in [0.717, 1.165) is 89.9 Å². The number of allylic oxidation sites excluding steroid dienone is 6. The first-order valence-corrected chi connectivity index (χ1v) is 33.0. The molecule has 74 heavy (non-hydrogen) atoms. The van der Waals surface area contributed by atoms with Gasteiger partial charge in [-0.05, 0) is 77.0 Å². The van der Waals surface area contributed by atoms with Gasteiger partial charge in [-0.1, -0.05) is 301 Å². The van der Waals surface area contributed by atoms with Gasteiger partial charge in [-0.3, -0.25) is 14.4 Å². The molecule has 0 bridgehead atoms. The Bertz CT molecular complexity index is 1240. The first-order valence-electron chi connectivity index (χ1n) is 33.0. The van der Waals surface area contributed by atoms with E-state index in [9.17, 15) is 14.4 Å². The van der Waals surface area contributed by atoms with Gasteiger partial charge >= 0.3 is 17.9 Å². The van der Waals surface area contributed by atoms with Crippen molar-refractivity contribution in [1.29, 1.82) is 0 Å². The SMILES string of the molecule is CCCCC/C=C\C/C=C\CCCCCCCC(=O)OC(COC(=O)CCCCCCC/C=C\CCCCCC)COC(=O)CCCCCCCCCCCCCCCCCCCCCCCCCCCCCC. The first-order chi connectivity index (χ1) is 36.5. The molecular formula is C68H126O6. The number of hydrogen-bond acceptors (Lipinski definition) is 6. The van der Waals surface area contributed by atoms with Crippen molar-refractivity contribution >= 4 is 17.9 Å². The third kappa shape index (κ3) is 60.5. The molecule has 0 aliphatic heterocycles. The quantitative estimate of drug-likeness (QED) is 0.0261. The van der Waals surface area contributed by atoms with Gasteiger partial charge in [0.2, 0.25) is 0 Å². The zero-order valence-corrected chi connectivity index (χ0v) is 49.9. The van der Waals surface area contributed by atoms with E-state index >= 15 is 0 Å². The maximum Gasteiger partial charge on any atom is 0.306 e. The van der Waals surface area contributed by atoms with Gasteiger partial charge in [-0.15, -0.1) is 0 Å². The van der Waals surface area contributed by atoms with Crippen molar-refractivity contribution in [2.45, 2.75) is 367 Å². The molecule has 0 fully saturated rings. The van der Waals surface area contributed by atoms with Gasteiger partial charge in [-0.25, -0.2) is 0 Å². The monoisotopic (exact) mass is 1040 g/mol. The molecule has 6 heteroatoms. The van der Waals surface area contributed by atoms with Gasteiger partial charge in [-0.2, -0.15) is 0 Å². The zero-order chi connectivity index (χ0) is 53.6. The van der Waals surface area contributed by atoms with Crippen molar-refractivity contribution < 1.29 is 28.6 Å². The van der Waals surface area contributed by atoms with E-state index in [4.69, 9.17) is 14.2 Å². The molecule has 0 aromatic heterocycles. The van der Waals surface area contributed by atoms with Crippen molar-refractivity contribution in [1.82, 2.24) is 0 Å². The third-order valence-electron chi connectivity index (χ3n) is 14.9. The molecule has 0 N–H and O–H groups in total. The molecular weight excluding hydrogens is 913 g/mol. The topological polar surface area (TPSA) is 78.9 Å². The highest BCUT2D eigenvalue weighted by Crippen LogP contribution is 2.18. The average Bonchev–Trinajstić information content (AvgIpc) is 3.40. The highest BCUT2D eigenvalue weighted by molar-refractivity contribution is 5.71. The Labute approximate surface area is 461 Å². The Hall–Kier alpha value is -2.37. The summed E-state index contributed by atoms with van der Waals surface area (Å²) in [7, 11) is 0. The molecule has 1 unspecified atom stereocenters. The van der Waals surface area contributed by atoms with Crippen LogP contribution >= 0.6 is 0 Å². The minimum absolute atomic E-state index is 0.0766. The fraction of sp³-hybridized carbons (Fsp3) is 0.868. The largest absolute Gasteiger partial charge is 0.462 e. The Morgan fingerprint density at radius 2 is 0.486 bits per heavy atom. The Morgan fingerprint density at radius 1 is 0.270 bits per heavy atom. The van der Waals surface area contributed by atoms with E-state index in [1.54, 1.807) is 0 Å². The van der Waals surface area contributed by atoms with Crippen LogP contribution in [0, 0.1) is 0 Å². The van der Waals surface area contributed by atoms with Crippen LogP contribution in [0.15, 0.2) is 36.5 Å². The summed E-state index contributed by atoms with van der Waals surface area (Å²) in [6.07, 6.45) is 77.4. The molecule has 0 radical (unpaired) electrons. The molecule has 0 spiro atoms. The first kappa shape index (κ1) is 71.6. The Balaban J connectivity index is 4.17. The maximum atomic E-state index is 12.9. The van der Waals surface area contributed by atoms with E-state index in [1.807, 2.05) is 0 Å². The second-order valence-electron chi connectivity index (χ2n) is 22.4. The number of rotatable bonds is 61. The van der Waals surface area contributed by atoms with Crippen LogP contribution in [0.2, 0.25) is 0 Å². The Morgan fingerprint density at radius 3 is 0.797 bits per heavy atom. The van der Waals surface area contributed by atoms with Crippen molar-refractivity contribution in [3.8, 4) is 0 Å². The summed E-state index contributed by atoms with van der Waals surface area (Å²) in [6, 6.07) is 0. The minimum Gasteiger partial charge on any atom is -0.462 e. The molecule has 0 saturated heterocycles. The zero-order valence-electron chi connectivity index (χ0n) is 49.9. The summed E-state index contributed by atoms with van der Waals surface area (Å²) in [5.74, 6) is -0.878. The second-order valence-corrected chi connectivity index (χ2v) is 22.4.